The summed E-state index contributed by atoms with van der Waals surface area (Å²) in [5.74, 6) is 0.318. The molecule has 94 valence electrons. The molecule has 0 aliphatic carbocycles. The number of anilines is 1. The van der Waals surface area contributed by atoms with Gasteiger partial charge in [0.05, 0.1) is 18.2 Å². The number of hydrogen-bond acceptors (Lipinski definition) is 4. The normalized spacial score (nSPS) is 10.4. The van der Waals surface area contributed by atoms with Crippen molar-refractivity contribution in [3.8, 4) is 0 Å². The predicted octanol–water partition coefficient (Wildman–Crippen LogP) is 2.68. The Morgan fingerprint density at radius 2 is 2.00 bits per heavy atom. The van der Waals surface area contributed by atoms with Gasteiger partial charge in [0.15, 0.2) is 0 Å². The Morgan fingerprint density at radius 3 is 2.61 bits per heavy atom. The number of nitrogens with one attached hydrogen (secondary N) is 1. The summed E-state index contributed by atoms with van der Waals surface area (Å²) < 4.78 is 4.83. The van der Waals surface area contributed by atoms with Crippen LogP contribution in [-0.2, 0) is 4.74 Å². The van der Waals surface area contributed by atoms with Gasteiger partial charge in [-0.05, 0) is 37.1 Å². The minimum Gasteiger partial charge on any atom is -0.465 e. The van der Waals surface area contributed by atoms with E-state index in [9.17, 15) is 4.79 Å². The molecule has 0 spiro atoms. The van der Waals surface area contributed by atoms with Gasteiger partial charge in [-0.1, -0.05) is 6.07 Å². The fourth-order valence-corrected chi connectivity index (χ4v) is 2.15. The molecule has 0 radical (unpaired) electrons. The fourth-order valence-electron chi connectivity index (χ4n) is 2.15. The lowest BCUT2D eigenvalue weighted by molar-refractivity contribution is 0.0603. The van der Waals surface area contributed by atoms with Gasteiger partial charge in [0.1, 0.15) is 5.82 Å². The third-order valence-electron chi connectivity index (χ3n) is 2.91. The zero-order valence-electron chi connectivity index (χ0n) is 11.0. The Kier molecular flexibility index (Phi) is 3.19. The SMILES string of the molecule is CNc1cc(C(=O)OC)c2c(C)cc(C)cc2n1. The van der Waals surface area contributed by atoms with Crippen molar-refractivity contribution in [1.82, 2.24) is 4.98 Å². The van der Waals surface area contributed by atoms with Crippen LogP contribution >= 0.6 is 0 Å². The summed E-state index contributed by atoms with van der Waals surface area (Å²) in [5.41, 5.74) is 3.50. The number of aromatic nitrogens is 1. The van der Waals surface area contributed by atoms with E-state index in [1.165, 1.54) is 7.11 Å². The van der Waals surface area contributed by atoms with Gasteiger partial charge < -0.3 is 10.1 Å². The molecule has 0 amide bonds. The average molecular weight is 244 g/mol. The van der Waals surface area contributed by atoms with E-state index in [0.29, 0.717) is 11.4 Å². The molecule has 1 heterocycles. The third kappa shape index (κ3) is 2.01. The maximum absolute atomic E-state index is 11.9. The molecule has 0 aliphatic heterocycles. The first-order valence-electron chi connectivity index (χ1n) is 5.75. The summed E-state index contributed by atoms with van der Waals surface area (Å²) in [7, 11) is 3.16. The van der Waals surface area contributed by atoms with Gasteiger partial charge in [-0.2, -0.15) is 0 Å². The van der Waals surface area contributed by atoms with E-state index in [2.05, 4.69) is 10.3 Å². The maximum Gasteiger partial charge on any atom is 0.338 e. The van der Waals surface area contributed by atoms with Crippen LogP contribution in [0.2, 0.25) is 0 Å². The number of fused-ring (bicyclic) bond motifs is 1. The summed E-state index contributed by atoms with van der Waals surface area (Å²) >= 11 is 0. The maximum atomic E-state index is 11.9. The van der Waals surface area contributed by atoms with E-state index >= 15 is 0 Å². The monoisotopic (exact) mass is 244 g/mol. The Balaban J connectivity index is 2.85. The second-order valence-electron chi connectivity index (χ2n) is 4.27. The van der Waals surface area contributed by atoms with Gasteiger partial charge in [-0.15, -0.1) is 0 Å². The molecule has 0 atom stereocenters. The summed E-state index contributed by atoms with van der Waals surface area (Å²) in [6.07, 6.45) is 0. The van der Waals surface area contributed by atoms with Crippen LogP contribution in [0, 0.1) is 13.8 Å². The molecule has 4 nitrogen and oxygen atoms in total. The molecule has 0 bridgehead atoms. The predicted molar refractivity (Wildman–Crippen MR) is 72.1 cm³/mol. The lowest BCUT2D eigenvalue weighted by Crippen LogP contribution is -2.06. The highest BCUT2D eigenvalue weighted by molar-refractivity contribution is 6.05. The lowest BCUT2D eigenvalue weighted by atomic mass is 10.0. The zero-order chi connectivity index (χ0) is 13.3. The van der Waals surface area contributed by atoms with E-state index < -0.39 is 0 Å². The molecule has 0 fully saturated rings. The number of esters is 1. The Hall–Kier alpha value is -2.10. The quantitative estimate of drug-likeness (QED) is 0.825. The van der Waals surface area contributed by atoms with E-state index in [0.717, 1.165) is 22.0 Å². The molecular formula is C14H16N2O2. The Morgan fingerprint density at radius 1 is 1.28 bits per heavy atom. The second kappa shape index (κ2) is 4.64. The fraction of sp³-hybridized carbons (Fsp3) is 0.286. The van der Waals surface area contributed by atoms with Gasteiger partial charge in [0, 0.05) is 12.4 Å². The Bertz CT molecular complexity index is 621. The number of ether oxygens (including phenoxy) is 1. The van der Waals surface area contributed by atoms with Crippen LogP contribution in [0.4, 0.5) is 5.82 Å². The van der Waals surface area contributed by atoms with E-state index in [1.54, 1.807) is 13.1 Å². The molecule has 1 aromatic heterocycles. The summed E-state index contributed by atoms with van der Waals surface area (Å²) in [6, 6.07) is 5.72. The van der Waals surface area contributed by atoms with Crippen LogP contribution < -0.4 is 5.32 Å². The lowest BCUT2D eigenvalue weighted by Gasteiger charge is -2.11. The molecule has 0 saturated heterocycles. The van der Waals surface area contributed by atoms with Crippen LogP contribution in [0.1, 0.15) is 21.5 Å². The molecule has 0 unspecified atom stereocenters. The molecular weight excluding hydrogens is 228 g/mol. The van der Waals surface area contributed by atoms with E-state index in [-0.39, 0.29) is 5.97 Å². The number of aryl methyl sites for hydroxylation is 2. The van der Waals surface area contributed by atoms with Gasteiger partial charge >= 0.3 is 5.97 Å². The first-order chi connectivity index (χ1) is 8.56. The number of methoxy groups -OCH3 is 1. The average Bonchev–Trinajstić information content (AvgIpc) is 2.35. The van der Waals surface area contributed by atoms with Crippen LogP contribution in [0.3, 0.4) is 0 Å². The van der Waals surface area contributed by atoms with Crippen LogP contribution in [-0.4, -0.2) is 25.1 Å². The van der Waals surface area contributed by atoms with Crippen molar-refractivity contribution in [1.29, 1.82) is 0 Å². The number of carbonyl (C=O) groups is 1. The molecule has 1 aromatic carbocycles. The van der Waals surface area contributed by atoms with Gasteiger partial charge in [0.2, 0.25) is 0 Å². The summed E-state index contributed by atoms with van der Waals surface area (Å²) in [6.45, 7) is 3.99. The van der Waals surface area contributed by atoms with Gasteiger partial charge in [-0.25, -0.2) is 9.78 Å². The first-order valence-corrected chi connectivity index (χ1v) is 5.75. The van der Waals surface area contributed by atoms with Crippen molar-refractivity contribution in [2.24, 2.45) is 0 Å². The smallest absolute Gasteiger partial charge is 0.338 e. The minimum absolute atomic E-state index is 0.342. The molecule has 0 saturated carbocycles. The molecule has 1 N–H and O–H groups in total. The number of hydrogen-bond donors (Lipinski definition) is 1. The largest absolute Gasteiger partial charge is 0.465 e. The highest BCUT2D eigenvalue weighted by Gasteiger charge is 2.15. The van der Waals surface area contributed by atoms with Crippen molar-refractivity contribution in [3.05, 3.63) is 34.9 Å². The number of carbonyl (C=O) groups excluding carboxylic acids is 1. The number of nitrogens with zero attached hydrogens (tertiary/aromatic N) is 1. The van der Waals surface area contributed by atoms with Crippen LogP contribution in [0.5, 0.6) is 0 Å². The van der Waals surface area contributed by atoms with E-state index in [4.69, 9.17) is 4.74 Å². The van der Waals surface area contributed by atoms with Crippen molar-refractivity contribution < 1.29 is 9.53 Å². The number of benzene rings is 1. The van der Waals surface area contributed by atoms with Crippen LogP contribution in [0.25, 0.3) is 10.9 Å². The molecule has 0 aliphatic rings. The van der Waals surface area contributed by atoms with Crippen LogP contribution in [0.15, 0.2) is 18.2 Å². The molecule has 18 heavy (non-hydrogen) atoms. The number of rotatable bonds is 2. The molecule has 2 rings (SSSR count). The van der Waals surface area contributed by atoms with Crippen molar-refractivity contribution in [3.63, 3.8) is 0 Å². The van der Waals surface area contributed by atoms with Gasteiger partial charge in [0.25, 0.3) is 0 Å². The second-order valence-corrected chi connectivity index (χ2v) is 4.27. The first kappa shape index (κ1) is 12.4. The topological polar surface area (TPSA) is 51.2 Å². The van der Waals surface area contributed by atoms with E-state index in [1.807, 2.05) is 26.0 Å². The third-order valence-corrected chi connectivity index (χ3v) is 2.91. The summed E-state index contributed by atoms with van der Waals surface area (Å²) in [5, 5.41) is 3.81. The molecule has 2 aromatic rings. The van der Waals surface area contributed by atoms with Crippen molar-refractivity contribution in [2.45, 2.75) is 13.8 Å². The highest BCUT2D eigenvalue weighted by Crippen LogP contribution is 2.26. The Labute approximate surface area is 106 Å². The van der Waals surface area contributed by atoms with Crippen molar-refractivity contribution in [2.75, 3.05) is 19.5 Å². The standard InChI is InChI=1S/C14H16N2O2/c1-8-5-9(2)13-10(14(17)18-4)7-12(15-3)16-11(13)6-8/h5-7H,1-4H3,(H,15,16). The number of pyridine rings is 1. The molecule has 4 heteroatoms. The highest BCUT2D eigenvalue weighted by atomic mass is 16.5. The minimum atomic E-state index is -0.342. The zero-order valence-corrected chi connectivity index (χ0v) is 11.0. The van der Waals surface area contributed by atoms with Gasteiger partial charge in [-0.3, -0.25) is 0 Å². The summed E-state index contributed by atoms with van der Waals surface area (Å²) in [4.78, 5) is 16.3. The van der Waals surface area contributed by atoms with Crippen molar-refractivity contribution >= 4 is 22.7 Å².